The third-order valence-corrected chi connectivity index (χ3v) is 3.30. The number of hydrogen-bond donors (Lipinski definition) is 1. The Bertz CT molecular complexity index is 440. The summed E-state index contributed by atoms with van der Waals surface area (Å²) in [6.07, 6.45) is 0.272. The molecule has 0 saturated heterocycles. The number of hydrogen-bond acceptors (Lipinski definition) is 2. The molecule has 3 nitrogen and oxygen atoms in total. The number of carbonyl (C=O) groups is 1. The number of amides is 1. The summed E-state index contributed by atoms with van der Waals surface area (Å²) in [5.41, 5.74) is 6.39. The molecule has 2 N–H and O–H groups in total. The van der Waals surface area contributed by atoms with Gasteiger partial charge < -0.3 is 10.6 Å². The van der Waals surface area contributed by atoms with Crippen molar-refractivity contribution in [1.29, 1.82) is 0 Å². The van der Waals surface area contributed by atoms with Crippen LogP contribution in [0.5, 0.6) is 0 Å². The first-order valence-electron chi connectivity index (χ1n) is 6.44. The number of carbonyl (C=O) groups excluding carboxylic acids is 1. The second-order valence-corrected chi connectivity index (χ2v) is 6.02. The predicted octanol–water partition coefficient (Wildman–Crippen LogP) is 2.55. The Kier molecular flexibility index (Phi) is 5.06. The van der Waals surface area contributed by atoms with Crippen LogP contribution in [0.2, 0.25) is 0 Å². The molecule has 0 heterocycles. The molecule has 1 amide bonds. The maximum absolute atomic E-state index is 13.5. The largest absolute Gasteiger partial charge is 0.341 e. The fourth-order valence-corrected chi connectivity index (χ4v) is 1.62. The first-order chi connectivity index (χ1) is 8.71. The van der Waals surface area contributed by atoms with Crippen molar-refractivity contribution in [2.75, 3.05) is 7.05 Å². The maximum Gasteiger partial charge on any atom is 0.224 e. The van der Waals surface area contributed by atoms with Crippen LogP contribution >= 0.6 is 0 Å². The lowest BCUT2D eigenvalue weighted by Gasteiger charge is -2.28. The lowest BCUT2D eigenvalue weighted by Crippen LogP contribution is -2.40. The molecule has 4 heteroatoms. The Morgan fingerprint density at radius 2 is 1.95 bits per heavy atom. The monoisotopic (exact) mass is 266 g/mol. The second-order valence-electron chi connectivity index (χ2n) is 6.02. The van der Waals surface area contributed by atoms with E-state index in [0.717, 1.165) is 0 Å². The Hall–Kier alpha value is -1.42. The highest BCUT2D eigenvalue weighted by Crippen LogP contribution is 2.20. The molecule has 0 aliphatic heterocycles. The molecule has 0 bridgehead atoms. The van der Waals surface area contributed by atoms with Gasteiger partial charge >= 0.3 is 0 Å². The Labute approximate surface area is 114 Å². The molecule has 106 valence electrons. The van der Waals surface area contributed by atoms with Crippen LogP contribution in [0.4, 0.5) is 4.39 Å². The maximum atomic E-state index is 13.5. The molecule has 1 aromatic rings. The average Bonchev–Trinajstić information content (AvgIpc) is 2.30. The zero-order valence-corrected chi connectivity index (χ0v) is 12.1. The highest BCUT2D eigenvalue weighted by Gasteiger charge is 2.24. The van der Waals surface area contributed by atoms with Crippen molar-refractivity contribution in [3.63, 3.8) is 0 Å². The molecule has 0 aliphatic carbocycles. The van der Waals surface area contributed by atoms with Gasteiger partial charge in [-0.15, -0.1) is 0 Å². The van der Waals surface area contributed by atoms with Crippen molar-refractivity contribution >= 4 is 5.91 Å². The van der Waals surface area contributed by atoms with Gasteiger partial charge in [0.1, 0.15) is 5.82 Å². The highest BCUT2D eigenvalue weighted by atomic mass is 19.1. The van der Waals surface area contributed by atoms with Crippen LogP contribution in [-0.4, -0.2) is 23.9 Å². The Balaban J connectivity index is 2.61. The average molecular weight is 266 g/mol. The molecule has 0 aliphatic rings. The van der Waals surface area contributed by atoms with Crippen molar-refractivity contribution in [2.45, 2.75) is 39.8 Å². The molecule has 1 unspecified atom stereocenters. The predicted molar refractivity (Wildman–Crippen MR) is 74.9 cm³/mol. The molecule has 0 saturated carbocycles. The van der Waals surface area contributed by atoms with E-state index < -0.39 is 0 Å². The zero-order valence-electron chi connectivity index (χ0n) is 12.1. The number of nitrogens with two attached hydrogens (primary N) is 1. The summed E-state index contributed by atoms with van der Waals surface area (Å²) in [4.78, 5) is 13.6. The van der Waals surface area contributed by atoms with Crippen LogP contribution < -0.4 is 5.73 Å². The van der Waals surface area contributed by atoms with E-state index in [9.17, 15) is 9.18 Å². The van der Waals surface area contributed by atoms with Crippen molar-refractivity contribution in [3.8, 4) is 0 Å². The van der Waals surface area contributed by atoms with Crippen LogP contribution in [0.3, 0.4) is 0 Å². The van der Waals surface area contributed by atoms with Crippen LogP contribution in [-0.2, 0) is 11.3 Å². The van der Waals surface area contributed by atoms with Gasteiger partial charge in [0, 0.05) is 31.6 Å². The van der Waals surface area contributed by atoms with Gasteiger partial charge in [-0.1, -0.05) is 39.0 Å². The quantitative estimate of drug-likeness (QED) is 0.910. The third kappa shape index (κ3) is 4.63. The summed E-state index contributed by atoms with van der Waals surface area (Å²) in [5, 5.41) is 0. The third-order valence-electron chi connectivity index (χ3n) is 3.30. The van der Waals surface area contributed by atoms with E-state index in [-0.39, 0.29) is 36.1 Å². The summed E-state index contributed by atoms with van der Waals surface area (Å²) in [5.74, 6) is -0.354. The minimum atomic E-state index is -0.290. The summed E-state index contributed by atoms with van der Waals surface area (Å²) >= 11 is 0. The summed E-state index contributed by atoms with van der Waals surface area (Å²) in [6.45, 7) is 6.27. The van der Waals surface area contributed by atoms with E-state index in [1.807, 2.05) is 20.8 Å². The normalized spacial score (nSPS) is 13.2. The van der Waals surface area contributed by atoms with Crippen molar-refractivity contribution in [2.24, 2.45) is 11.1 Å². The minimum Gasteiger partial charge on any atom is -0.341 e. The van der Waals surface area contributed by atoms with Gasteiger partial charge in [-0.2, -0.15) is 0 Å². The van der Waals surface area contributed by atoms with E-state index in [1.165, 1.54) is 11.0 Å². The molecule has 19 heavy (non-hydrogen) atoms. The van der Waals surface area contributed by atoms with Crippen LogP contribution in [0.1, 0.15) is 32.8 Å². The van der Waals surface area contributed by atoms with Gasteiger partial charge in [0.2, 0.25) is 5.91 Å². The van der Waals surface area contributed by atoms with Gasteiger partial charge in [0.25, 0.3) is 0 Å². The minimum absolute atomic E-state index is 0.0642. The van der Waals surface area contributed by atoms with Gasteiger partial charge in [0.05, 0.1) is 0 Å². The van der Waals surface area contributed by atoms with E-state index in [4.69, 9.17) is 5.73 Å². The molecule has 1 atom stereocenters. The fraction of sp³-hybridized carbons (Fsp3) is 0.533. The first-order valence-corrected chi connectivity index (χ1v) is 6.44. The highest BCUT2D eigenvalue weighted by molar-refractivity contribution is 5.76. The number of halogens is 1. The van der Waals surface area contributed by atoms with Crippen LogP contribution in [0.15, 0.2) is 24.3 Å². The molecule has 0 aromatic heterocycles. The molecule has 1 rings (SSSR count). The summed E-state index contributed by atoms with van der Waals surface area (Å²) < 4.78 is 13.5. The molecule has 0 radical (unpaired) electrons. The summed E-state index contributed by atoms with van der Waals surface area (Å²) in [6, 6.07) is 6.27. The molecule has 0 fully saturated rings. The van der Waals surface area contributed by atoms with E-state index in [1.54, 1.807) is 25.2 Å². The zero-order chi connectivity index (χ0) is 14.6. The van der Waals surface area contributed by atoms with Gasteiger partial charge in [0.15, 0.2) is 0 Å². The molecular weight excluding hydrogens is 243 g/mol. The van der Waals surface area contributed by atoms with Crippen LogP contribution in [0, 0.1) is 11.2 Å². The van der Waals surface area contributed by atoms with Crippen molar-refractivity contribution in [1.82, 2.24) is 4.90 Å². The van der Waals surface area contributed by atoms with Crippen molar-refractivity contribution in [3.05, 3.63) is 35.6 Å². The number of nitrogens with zero attached hydrogens (tertiary/aromatic N) is 1. The number of rotatable bonds is 4. The lowest BCUT2D eigenvalue weighted by atomic mass is 9.85. The fourth-order valence-electron chi connectivity index (χ4n) is 1.62. The van der Waals surface area contributed by atoms with Crippen molar-refractivity contribution < 1.29 is 9.18 Å². The van der Waals surface area contributed by atoms with E-state index in [0.29, 0.717) is 5.56 Å². The standard InChI is InChI=1S/C15H23FN2O/c1-15(2,3)13(17)9-14(19)18(4)10-11-7-5-6-8-12(11)16/h5-8,13H,9-10,17H2,1-4H3. The Morgan fingerprint density at radius 3 is 2.47 bits per heavy atom. The molecule has 1 aromatic carbocycles. The van der Waals surface area contributed by atoms with Gasteiger partial charge in [-0.25, -0.2) is 4.39 Å². The second kappa shape index (κ2) is 6.15. The topological polar surface area (TPSA) is 46.3 Å². The number of benzene rings is 1. The van der Waals surface area contributed by atoms with Gasteiger partial charge in [-0.05, 0) is 11.5 Å². The van der Waals surface area contributed by atoms with Gasteiger partial charge in [-0.3, -0.25) is 4.79 Å². The molecule has 0 spiro atoms. The SMILES string of the molecule is CN(Cc1ccccc1F)C(=O)CC(N)C(C)(C)C. The Morgan fingerprint density at radius 1 is 1.37 bits per heavy atom. The first kappa shape index (κ1) is 15.6. The molecular formula is C15H23FN2O. The van der Waals surface area contributed by atoms with E-state index >= 15 is 0 Å². The smallest absolute Gasteiger partial charge is 0.224 e. The summed E-state index contributed by atoms with van der Waals surface area (Å²) in [7, 11) is 1.67. The van der Waals surface area contributed by atoms with E-state index in [2.05, 4.69) is 0 Å². The van der Waals surface area contributed by atoms with Crippen LogP contribution in [0.25, 0.3) is 0 Å². The lowest BCUT2D eigenvalue weighted by molar-refractivity contribution is -0.131.